The quantitative estimate of drug-likeness (QED) is 0.0315. The summed E-state index contributed by atoms with van der Waals surface area (Å²) in [6.45, 7) is 1.70. The molecule has 3 rings (SSSR count). The molecule has 17 unspecified atom stereocenters. The number of ether oxygens (including phenoxy) is 6. The molecule has 400 valence electrons. The summed E-state index contributed by atoms with van der Waals surface area (Å²) in [5.74, 6) is -0.256. The first-order valence-corrected chi connectivity index (χ1v) is 25.9. The molecule has 1 amide bonds. The van der Waals surface area contributed by atoms with Crippen molar-refractivity contribution in [1.82, 2.24) is 5.32 Å². The average Bonchev–Trinajstić information content (AvgIpc) is 3.33. The van der Waals surface area contributed by atoms with E-state index in [1.54, 1.807) is 0 Å². The largest absolute Gasteiger partial charge is 0.394 e. The first-order valence-electron chi connectivity index (χ1n) is 25.9. The molecule has 17 atom stereocenters. The van der Waals surface area contributed by atoms with Gasteiger partial charge in [0.05, 0.1) is 38.6 Å². The van der Waals surface area contributed by atoms with Crippen LogP contribution < -0.4 is 5.32 Å². The molecule has 3 heterocycles. The summed E-state index contributed by atoms with van der Waals surface area (Å²) in [7, 11) is 0. The van der Waals surface area contributed by atoms with E-state index in [2.05, 4.69) is 31.3 Å². The lowest BCUT2D eigenvalue weighted by Crippen LogP contribution is -2.66. The van der Waals surface area contributed by atoms with Gasteiger partial charge in [-0.1, -0.05) is 129 Å². The van der Waals surface area contributed by atoms with Gasteiger partial charge in [-0.3, -0.25) is 4.79 Å². The Labute approximate surface area is 404 Å². The van der Waals surface area contributed by atoms with E-state index in [0.29, 0.717) is 12.8 Å². The van der Waals surface area contributed by atoms with Crippen molar-refractivity contribution in [2.75, 3.05) is 26.4 Å². The highest BCUT2D eigenvalue weighted by atomic mass is 16.8. The molecular formula is C49H91NO18. The maximum Gasteiger partial charge on any atom is 0.220 e. The standard InChI is InChI=1S/C49H91NO18/c1-3-5-7-9-11-13-15-17-19-21-23-25-27-37(55)50-32(33(54)26-24-22-20-18-16-14-12-10-8-6-4-2)31-63-47-43(61)40(58)45(35(29-52)65-47)68-49-44(62)41(59)46(36(30-53)66-49)67-48-42(60)39(57)38(56)34(28-51)64-48/h11,13,32-36,38-49,51-54,56-62H,3-10,12,14-31H2,1-2H3,(H,50,55)/b13-11-. The number of carbonyl (C=O) groups is 1. The third kappa shape index (κ3) is 20.6. The minimum Gasteiger partial charge on any atom is -0.394 e. The van der Waals surface area contributed by atoms with Crippen molar-refractivity contribution < 1.29 is 89.4 Å². The number of hydrogen-bond acceptors (Lipinski definition) is 18. The minimum absolute atomic E-state index is 0.256. The lowest BCUT2D eigenvalue weighted by Gasteiger charge is -2.48. The Balaban J connectivity index is 1.56. The second kappa shape index (κ2) is 34.8. The van der Waals surface area contributed by atoms with E-state index in [9.17, 15) is 61.0 Å². The van der Waals surface area contributed by atoms with Gasteiger partial charge in [-0.15, -0.1) is 0 Å². The molecule has 0 radical (unpaired) electrons. The Morgan fingerprint density at radius 3 is 1.46 bits per heavy atom. The Morgan fingerprint density at radius 2 is 0.926 bits per heavy atom. The van der Waals surface area contributed by atoms with Crippen LogP contribution in [-0.4, -0.2) is 193 Å². The summed E-state index contributed by atoms with van der Waals surface area (Å²) < 4.78 is 34.1. The number of hydrogen-bond donors (Lipinski definition) is 12. The first-order chi connectivity index (χ1) is 32.8. The number of aliphatic hydroxyl groups excluding tert-OH is 11. The van der Waals surface area contributed by atoms with Gasteiger partial charge in [0.1, 0.15) is 73.2 Å². The van der Waals surface area contributed by atoms with E-state index >= 15 is 0 Å². The summed E-state index contributed by atoms with van der Waals surface area (Å²) in [6, 6.07) is -0.884. The number of unbranched alkanes of at least 4 members (excludes halogenated alkanes) is 18. The number of rotatable bonds is 36. The fourth-order valence-electron chi connectivity index (χ4n) is 8.95. The number of allylic oxidation sites excluding steroid dienone is 2. The fourth-order valence-corrected chi connectivity index (χ4v) is 8.95. The zero-order valence-electron chi connectivity index (χ0n) is 40.8. The van der Waals surface area contributed by atoms with E-state index in [4.69, 9.17) is 28.4 Å². The summed E-state index contributed by atoms with van der Waals surface area (Å²) in [4.78, 5) is 13.2. The molecule has 0 aromatic carbocycles. The van der Waals surface area contributed by atoms with Crippen LogP contribution in [0.1, 0.15) is 162 Å². The van der Waals surface area contributed by atoms with Crippen LogP contribution in [0.25, 0.3) is 0 Å². The third-order valence-electron chi connectivity index (χ3n) is 13.3. The van der Waals surface area contributed by atoms with Gasteiger partial charge < -0.3 is 89.9 Å². The van der Waals surface area contributed by atoms with Crippen molar-refractivity contribution in [2.24, 2.45) is 0 Å². The Kier molecular flexibility index (Phi) is 31.1. The molecule has 3 saturated heterocycles. The Bertz CT molecular complexity index is 1310. The van der Waals surface area contributed by atoms with Crippen molar-refractivity contribution in [3.05, 3.63) is 12.2 Å². The molecule has 3 aliphatic rings. The van der Waals surface area contributed by atoms with Crippen molar-refractivity contribution in [3.63, 3.8) is 0 Å². The van der Waals surface area contributed by atoms with Gasteiger partial charge >= 0.3 is 0 Å². The topological polar surface area (TPSA) is 307 Å². The lowest BCUT2D eigenvalue weighted by molar-refractivity contribution is -0.379. The van der Waals surface area contributed by atoms with Gasteiger partial charge in [0, 0.05) is 6.42 Å². The fraction of sp³-hybridized carbons (Fsp3) is 0.939. The molecule has 0 saturated carbocycles. The molecule has 3 fully saturated rings. The van der Waals surface area contributed by atoms with Crippen molar-refractivity contribution in [3.8, 4) is 0 Å². The first kappa shape index (κ1) is 60.8. The summed E-state index contributed by atoms with van der Waals surface area (Å²) in [5.41, 5.74) is 0. The van der Waals surface area contributed by atoms with Crippen LogP contribution in [0, 0.1) is 0 Å². The second-order valence-electron chi connectivity index (χ2n) is 19.0. The van der Waals surface area contributed by atoms with Gasteiger partial charge in [-0.2, -0.15) is 0 Å². The zero-order chi connectivity index (χ0) is 49.8. The predicted molar refractivity (Wildman–Crippen MR) is 250 cm³/mol. The van der Waals surface area contributed by atoms with Crippen LogP contribution in [0.5, 0.6) is 0 Å². The van der Waals surface area contributed by atoms with Crippen LogP contribution in [-0.2, 0) is 33.2 Å². The SMILES string of the molecule is CCCCC/C=C\CCCCCCCC(=O)NC(COC1OC(CO)C(OC2OC(CO)C(OC3OC(CO)C(O)C(O)C3O)C(O)C2O)C(O)C1O)C(O)CCCCCCCCCCCCC. The van der Waals surface area contributed by atoms with E-state index in [-0.39, 0.29) is 18.9 Å². The maximum absolute atomic E-state index is 13.2. The van der Waals surface area contributed by atoms with E-state index in [1.165, 1.54) is 64.2 Å². The van der Waals surface area contributed by atoms with Crippen molar-refractivity contribution in [1.29, 1.82) is 0 Å². The molecule has 68 heavy (non-hydrogen) atoms. The highest BCUT2D eigenvalue weighted by Gasteiger charge is 2.53. The smallest absolute Gasteiger partial charge is 0.220 e. The molecule has 12 N–H and O–H groups in total. The molecule has 0 spiro atoms. The van der Waals surface area contributed by atoms with Gasteiger partial charge in [0.25, 0.3) is 0 Å². The predicted octanol–water partition coefficient (Wildman–Crippen LogP) is 1.87. The van der Waals surface area contributed by atoms with Gasteiger partial charge in [0.2, 0.25) is 5.91 Å². The van der Waals surface area contributed by atoms with Crippen LogP contribution in [0.3, 0.4) is 0 Å². The van der Waals surface area contributed by atoms with E-state index in [1.807, 2.05) is 0 Å². The Morgan fingerprint density at radius 1 is 0.515 bits per heavy atom. The number of aliphatic hydroxyl groups is 11. The molecule has 0 aromatic heterocycles. The highest BCUT2D eigenvalue weighted by molar-refractivity contribution is 5.76. The van der Waals surface area contributed by atoms with Crippen LogP contribution in [0.15, 0.2) is 12.2 Å². The molecular weight excluding hydrogens is 891 g/mol. The molecule has 0 bridgehead atoms. The molecule has 3 aliphatic heterocycles. The second-order valence-corrected chi connectivity index (χ2v) is 19.0. The number of amides is 1. The van der Waals surface area contributed by atoms with Crippen LogP contribution >= 0.6 is 0 Å². The monoisotopic (exact) mass is 982 g/mol. The minimum atomic E-state index is -1.97. The van der Waals surface area contributed by atoms with Gasteiger partial charge in [-0.05, 0) is 38.5 Å². The van der Waals surface area contributed by atoms with Crippen LogP contribution in [0.2, 0.25) is 0 Å². The zero-order valence-corrected chi connectivity index (χ0v) is 40.8. The molecule has 19 nitrogen and oxygen atoms in total. The van der Waals surface area contributed by atoms with E-state index in [0.717, 1.165) is 64.2 Å². The summed E-state index contributed by atoms with van der Waals surface area (Å²) >= 11 is 0. The maximum atomic E-state index is 13.2. The highest BCUT2D eigenvalue weighted by Crippen LogP contribution is 2.33. The summed E-state index contributed by atoms with van der Waals surface area (Å²) in [6.07, 6.45) is 1.83. The van der Waals surface area contributed by atoms with Crippen molar-refractivity contribution in [2.45, 2.75) is 266 Å². The molecule has 0 aliphatic carbocycles. The van der Waals surface area contributed by atoms with Crippen LogP contribution in [0.4, 0.5) is 0 Å². The van der Waals surface area contributed by atoms with E-state index < -0.39 is 124 Å². The summed E-state index contributed by atoms with van der Waals surface area (Å²) in [5, 5.41) is 120. The van der Waals surface area contributed by atoms with Crippen molar-refractivity contribution >= 4 is 5.91 Å². The Hall–Kier alpha value is -1.47. The number of nitrogens with one attached hydrogen (secondary N) is 1. The third-order valence-corrected chi connectivity index (χ3v) is 13.3. The van der Waals surface area contributed by atoms with Gasteiger partial charge in [0.15, 0.2) is 18.9 Å². The number of carbonyl (C=O) groups excluding carboxylic acids is 1. The lowest BCUT2D eigenvalue weighted by atomic mass is 9.96. The van der Waals surface area contributed by atoms with Gasteiger partial charge in [-0.25, -0.2) is 0 Å². The average molecular weight is 982 g/mol. The molecule has 0 aromatic rings. The normalized spacial score (nSPS) is 33.2. The molecule has 19 heteroatoms.